The molecule has 74 valence electrons. The fraction of sp³-hybridized carbons (Fsp3) is 1.00. The zero-order chi connectivity index (χ0) is 9.68. The third kappa shape index (κ3) is 2.86. The first-order valence-electron chi connectivity index (χ1n) is 4.33. The second-order valence-corrected chi connectivity index (χ2v) is 3.15. The van der Waals surface area contributed by atoms with Gasteiger partial charge in [-0.25, -0.2) is 0 Å². The van der Waals surface area contributed by atoms with E-state index in [0.29, 0.717) is 19.5 Å². The third-order valence-corrected chi connectivity index (χ3v) is 2.25. The van der Waals surface area contributed by atoms with E-state index in [9.17, 15) is 5.11 Å². The topological polar surface area (TPSA) is 92.5 Å². The lowest BCUT2D eigenvalue weighted by Crippen LogP contribution is -2.46. The van der Waals surface area contributed by atoms with Crippen molar-refractivity contribution in [3.8, 4) is 0 Å². The van der Waals surface area contributed by atoms with Crippen LogP contribution in [0.2, 0.25) is 0 Å². The highest BCUT2D eigenvalue weighted by molar-refractivity contribution is 4.84. The fourth-order valence-corrected chi connectivity index (χ4v) is 1.53. The molecule has 0 unspecified atom stereocenters. The first kappa shape index (κ1) is 10.3. The van der Waals surface area contributed by atoms with Gasteiger partial charge in [0, 0.05) is 18.0 Å². The summed E-state index contributed by atoms with van der Waals surface area (Å²) in [7, 11) is 0. The first-order valence-corrected chi connectivity index (χ1v) is 4.33. The van der Waals surface area contributed by atoms with E-state index in [-0.39, 0.29) is 12.6 Å². The van der Waals surface area contributed by atoms with Gasteiger partial charge in [-0.15, -0.1) is 0 Å². The fourth-order valence-electron chi connectivity index (χ4n) is 1.53. The maximum Gasteiger partial charge on any atom is 0.0752 e. The number of nitrogens with zero attached hydrogens (tertiary/aromatic N) is 4. The zero-order valence-corrected chi connectivity index (χ0v) is 7.37. The molecule has 1 fully saturated rings. The maximum atomic E-state index is 9.51. The van der Waals surface area contributed by atoms with Gasteiger partial charge in [-0.05, 0) is 18.5 Å². The number of hydrogen-bond donors (Lipinski definition) is 2. The summed E-state index contributed by atoms with van der Waals surface area (Å²) < 4.78 is 0. The first-order chi connectivity index (χ1) is 6.27. The Balaban J connectivity index is 2.41. The Morgan fingerprint density at radius 3 is 2.92 bits per heavy atom. The van der Waals surface area contributed by atoms with Gasteiger partial charge in [-0.2, -0.15) is 0 Å². The summed E-state index contributed by atoms with van der Waals surface area (Å²) in [6, 6.07) is -0.306. The maximum absolute atomic E-state index is 9.51. The lowest BCUT2D eigenvalue weighted by molar-refractivity contribution is 0.0458. The van der Waals surface area contributed by atoms with Crippen LogP contribution in [0.25, 0.3) is 10.4 Å². The molecule has 0 bridgehead atoms. The highest BCUT2D eigenvalue weighted by Crippen LogP contribution is 2.13. The summed E-state index contributed by atoms with van der Waals surface area (Å²) in [6.45, 7) is 1.91. The highest BCUT2D eigenvalue weighted by Gasteiger charge is 2.26. The molecule has 0 spiro atoms. The molecule has 0 saturated carbocycles. The minimum absolute atomic E-state index is 0.0961. The number of hydrogen-bond acceptors (Lipinski definition) is 4. The summed E-state index contributed by atoms with van der Waals surface area (Å²) in [5, 5.41) is 21.7. The van der Waals surface area contributed by atoms with Crippen LogP contribution in [0.5, 0.6) is 0 Å². The Bertz CT molecular complexity index is 205. The van der Waals surface area contributed by atoms with E-state index in [1.54, 1.807) is 0 Å². The molecule has 1 aliphatic heterocycles. The van der Waals surface area contributed by atoms with Gasteiger partial charge in [-0.3, -0.25) is 4.90 Å². The van der Waals surface area contributed by atoms with Crippen molar-refractivity contribution >= 4 is 0 Å². The molecule has 13 heavy (non-hydrogen) atoms. The third-order valence-electron chi connectivity index (χ3n) is 2.25. The van der Waals surface area contributed by atoms with Crippen molar-refractivity contribution in [3.05, 3.63) is 10.4 Å². The molecule has 2 N–H and O–H groups in total. The Labute approximate surface area is 76.4 Å². The second kappa shape index (κ2) is 5.04. The molecule has 0 aromatic heterocycles. The van der Waals surface area contributed by atoms with Crippen molar-refractivity contribution in [1.29, 1.82) is 0 Å². The Kier molecular flexibility index (Phi) is 3.98. The van der Waals surface area contributed by atoms with Crippen LogP contribution >= 0.6 is 0 Å². The normalized spacial score (nSPS) is 29.7. The van der Waals surface area contributed by atoms with Crippen molar-refractivity contribution < 1.29 is 10.2 Å². The van der Waals surface area contributed by atoms with Crippen molar-refractivity contribution in [2.24, 2.45) is 5.11 Å². The molecule has 1 aliphatic rings. The van der Waals surface area contributed by atoms with Crippen LogP contribution in [0.15, 0.2) is 5.11 Å². The van der Waals surface area contributed by atoms with Gasteiger partial charge in [0.2, 0.25) is 0 Å². The molecular formula is C7H14N4O2. The van der Waals surface area contributed by atoms with E-state index in [1.807, 2.05) is 4.90 Å². The number of likely N-dealkylation sites (tertiary alicyclic amines) is 1. The predicted molar refractivity (Wildman–Crippen MR) is 47.1 cm³/mol. The standard InChI is InChI=1S/C7H14N4O2/c8-10-9-6-1-2-11(3-4-12)5-7(6)13/h6-7,12-13H,1-5H2/t6-,7+/m1/s1. The average molecular weight is 186 g/mol. The molecule has 0 aliphatic carbocycles. The van der Waals surface area contributed by atoms with Crippen molar-refractivity contribution in [3.63, 3.8) is 0 Å². The molecule has 0 aromatic carbocycles. The van der Waals surface area contributed by atoms with Crippen molar-refractivity contribution in [2.75, 3.05) is 26.2 Å². The molecule has 0 amide bonds. The lowest BCUT2D eigenvalue weighted by atomic mass is 10.0. The van der Waals surface area contributed by atoms with E-state index in [4.69, 9.17) is 10.6 Å². The van der Waals surface area contributed by atoms with Crippen LogP contribution in [0.4, 0.5) is 0 Å². The predicted octanol–water partition coefficient (Wildman–Crippen LogP) is -0.276. The molecule has 0 radical (unpaired) electrons. The molecule has 1 heterocycles. The molecule has 2 atom stereocenters. The SMILES string of the molecule is [N-]=[N+]=N[C@@H]1CCN(CCO)C[C@@H]1O. The Morgan fingerprint density at radius 1 is 1.62 bits per heavy atom. The number of aliphatic hydroxyl groups excluding tert-OH is 2. The number of aliphatic hydroxyl groups is 2. The smallest absolute Gasteiger partial charge is 0.0752 e. The van der Waals surface area contributed by atoms with Crippen LogP contribution in [0.3, 0.4) is 0 Å². The molecule has 0 aromatic rings. The van der Waals surface area contributed by atoms with Gasteiger partial charge in [-0.1, -0.05) is 5.11 Å². The summed E-state index contributed by atoms with van der Waals surface area (Å²) in [6.07, 6.45) is 0.0572. The summed E-state index contributed by atoms with van der Waals surface area (Å²) in [5.74, 6) is 0. The van der Waals surface area contributed by atoms with Crippen LogP contribution < -0.4 is 0 Å². The van der Waals surface area contributed by atoms with Gasteiger partial charge >= 0.3 is 0 Å². The minimum Gasteiger partial charge on any atom is -0.395 e. The average Bonchev–Trinajstić information content (AvgIpc) is 2.10. The van der Waals surface area contributed by atoms with Gasteiger partial charge in [0.1, 0.15) is 0 Å². The number of piperidine rings is 1. The highest BCUT2D eigenvalue weighted by atomic mass is 16.3. The lowest BCUT2D eigenvalue weighted by Gasteiger charge is -2.33. The van der Waals surface area contributed by atoms with Gasteiger partial charge in [0.05, 0.1) is 18.8 Å². The quantitative estimate of drug-likeness (QED) is 0.361. The molecule has 1 saturated heterocycles. The second-order valence-electron chi connectivity index (χ2n) is 3.15. The molecule has 6 heteroatoms. The van der Waals surface area contributed by atoms with Gasteiger partial charge in [0.25, 0.3) is 0 Å². The number of rotatable bonds is 3. The van der Waals surface area contributed by atoms with Crippen LogP contribution in [-0.2, 0) is 0 Å². The van der Waals surface area contributed by atoms with Crippen molar-refractivity contribution in [2.45, 2.75) is 18.6 Å². The van der Waals surface area contributed by atoms with E-state index in [1.165, 1.54) is 0 Å². The summed E-state index contributed by atoms with van der Waals surface area (Å²) >= 11 is 0. The van der Waals surface area contributed by atoms with E-state index in [2.05, 4.69) is 10.0 Å². The number of β-amino-alcohol motifs (C(OH)–C–C–N with tert-alkyl or cyclic N) is 2. The summed E-state index contributed by atoms with van der Waals surface area (Å²) in [4.78, 5) is 4.63. The van der Waals surface area contributed by atoms with E-state index >= 15 is 0 Å². The monoisotopic (exact) mass is 186 g/mol. The molecule has 6 nitrogen and oxygen atoms in total. The van der Waals surface area contributed by atoms with Crippen LogP contribution in [0, 0.1) is 0 Å². The van der Waals surface area contributed by atoms with Crippen LogP contribution in [0.1, 0.15) is 6.42 Å². The Hall–Kier alpha value is -0.810. The molecule has 1 rings (SSSR count). The summed E-state index contributed by atoms with van der Waals surface area (Å²) in [5.41, 5.74) is 8.20. The molecular weight excluding hydrogens is 172 g/mol. The number of azide groups is 1. The van der Waals surface area contributed by atoms with Crippen LogP contribution in [-0.4, -0.2) is 53.5 Å². The van der Waals surface area contributed by atoms with E-state index < -0.39 is 6.10 Å². The van der Waals surface area contributed by atoms with Crippen molar-refractivity contribution in [1.82, 2.24) is 4.90 Å². The Morgan fingerprint density at radius 2 is 2.38 bits per heavy atom. The van der Waals surface area contributed by atoms with E-state index in [0.717, 1.165) is 6.54 Å². The minimum atomic E-state index is -0.601. The largest absolute Gasteiger partial charge is 0.395 e. The zero-order valence-electron chi connectivity index (χ0n) is 7.37. The van der Waals surface area contributed by atoms with Gasteiger partial charge < -0.3 is 10.2 Å². The van der Waals surface area contributed by atoms with Gasteiger partial charge in [0.15, 0.2) is 0 Å².